The first kappa shape index (κ1) is 13.0. The molecule has 78 valence electrons. The van der Waals surface area contributed by atoms with Gasteiger partial charge in [-0.15, -0.1) is 0 Å². The van der Waals surface area contributed by atoms with E-state index in [2.05, 4.69) is 24.3 Å². The first-order valence-electron chi connectivity index (χ1n) is 4.93. The zero-order valence-corrected chi connectivity index (χ0v) is 11.4. The van der Waals surface area contributed by atoms with Crippen LogP contribution in [0.4, 0.5) is 0 Å². The van der Waals surface area contributed by atoms with Gasteiger partial charge in [-0.2, -0.15) is 5.01 Å². The van der Waals surface area contributed by atoms with Crippen LogP contribution in [0.2, 0.25) is 0 Å². The largest absolute Gasteiger partial charge is 1.00 e. The van der Waals surface area contributed by atoms with Gasteiger partial charge in [0.1, 0.15) is 12.1 Å². The van der Waals surface area contributed by atoms with Crippen LogP contribution >= 0.6 is 0 Å². The Hall–Kier alpha value is -0.100. The van der Waals surface area contributed by atoms with E-state index in [1.165, 1.54) is 0 Å². The Morgan fingerprint density at radius 2 is 2.27 bits per heavy atom. The number of aliphatic carboxylic acids is 1. The van der Waals surface area contributed by atoms with Crippen LogP contribution < -0.4 is 40.1 Å². The minimum absolute atomic E-state index is 0. The fourth-order valence-corrected chi connectivity index (χ4v) is 2.16. The van der Waals surface area contributed by atoms with Gasteiger partial charge in [-0.3, -0.25) is 5.43 Å². The molecule has 0 amide bonds. The molecule has 0 aromatic carbocycles. The molecule has 1 saturated heterocycles. The molecule has 6 heteroatoms. The smallest absolute Gasteiger partial charge is 0.542 e. The number of carboxylic acid groups (broad SMARTS) is 1. The summed E-state index contributed by atoms with van der Waals surface area (Å²) in [5, 5.41) is 12.5. The average Bonchev–Trinajstić information content (AvgIpc) is 2.58. The van der Waals surface area contributed by atoms with Crippen LogP contribution in [-0.2, 0) is 4.79 Å². The molecule has 0 aromatic heterocycles. The molecule has 2 unspecified atom stereocenters. The number of hydrogen-bond donors (Lipinski definition) is 1. The maximum Gasteiger partial charge on any atom is 1.00 e. The van der Waals surface area contributed by atoms with Crippen molar-refractivity contribution in [3.8, 4) is 0 Å². The molecule has 2 rings (SSSR count). The van der Waals surface area contributed by atoms with Gasteiger partial charge in [0.25, 0.3) is 0 Å². The minimum Gasteiger partial charge on any atom is -0.542 e. The second-order valence-corrected chi connectivity index (χ2v) is 4.15. The predicted molar refractivity (Wildman–Crippen MR) is 49.1 cm³/mol. The summed E-state index contributed by atoms with van der Waals surface area (Å²) in [6.07, 6.45) is 1.99. The SMILES string of the molecule is CC(C)C1CCC2N=C(C(=O)[O-])NN21.[Na+]. The molecule has 0 radical (unpaired) electrons. The van der Waals surface area contributed by atoms with Crippen LogP contribution in [0.25, 0.3) is 0 Å². The third-order valence-corrected chi connectivity index (χ3v) is 2.88. The van der Waals surface area contributed by atoms with E-state index in [0.29, 0.717) is 12.0 Å². The number of amidine groups is 1. The number of nitrogens with zero attached hydrogens (tertiary/aromatic N) is 2. The average molecular weight is 219 g/mol. The summed E-state index contributed by atoms with van der Waals surface area (Å²) in [7, 11) is 0. The molecule has 2 atom stereocenters. The van der Waals surface area contributed by atoms with Crippen molar-refractivity contribution in [1.82, 2.24) is 10.4 Å². The Morgan fingerprint density at radius 1 is 1.60 bits per heavy atom. The molecule has 5 nitrogen and oxygen atoms in total. The van der Waals surface area contributed by atoms with Gasteiger partial charge in [-0.1, -0.05) is 13.8 Å². The number of carbonyl (C=O) groups excluding carboxylic acids is 1. The molecule has 2 aliphatic rings. The Bertz CT molecular complexity index is 293. The number of nitrogens with one attached hydrogen (secondary N) is 1. The number of hydrazine groups is 1. The predicted octanol–water partition coefficient (Wildman–Crippen LogP) is -3.90. The van der Waals surface area contributed by atoms with Gasteiger partial charge in [-0.05, 0) is 18.8 Å². The summed E-state index contributed by atoms with van der Waals surface area (Å²) >= 11 is 0. The molecule has 0 saturated carbocycles. The molecule has 1 fully saturated rings. The van der Waals surface area contributed by atoms with Crippen LogP contribution in [0.3, 0.4) is 0 Å². The van der Waals surface area contributed by atoms with Gasteiger partial charge in [0, 0.05) is 6.04 Å². The number of carboxylic acids is 1. The summed E-state index contributed by atoms with van der Waals surface area (Å²) in [6.45, 7) is 4.26. The maximum atomic E-state index is 10.6. The van der Waals surface area contributed by atoms with Gasteiger partial charge in [0.2, 0.25) is 0 Å². The van der Waals surface area contributed by atoms with E-state index in [-0.39, 0.29) is 41.6 Å². The zero-order valence-electron chi connectivity index (χ0n) is 9.36. The normalized spacial score (nSPS) is 29.4. The second-order valence-electron chi connectivity index (χ2n) is 4.15. The summed E-state index contributed by atoms with van der Waals surface area (Å²) in [5.41, 5.74) is 2.81. The van der Waals surface area contributed by atoms with E-state index < -0.39 is 5.97 Å². The molecule has 2 heterocycles. The van der Waals surface area contributed by atoms with Crippen molar-refractivity contribution < 1.29 is 39.5 Å². The Balaban J connectivity index is 0.00000112. The molecule has 0 bridgehead atoms. The second kappa shape index (κ2) is 4.82. The number of aliphatic imine (C=N–C) groups is 1. The molecular formula is C9H14N3NaO2. The van der Waals surface area contributed by atoms with Gasteiger partial charge < -0.3 is 9.90 Å². The van der Waals surface area contributed by atoms with E-state index >= 15 is 0 Å². The Morgan fingerprint density at radius 3 is 2.80 bits per heavy atom. The van der Waals surface area contributed by atoms with Crippen molar-refractivity contribution in [2.75, 3.05) is 0 Å². The van der Waals surface area contributed by atoms with Crippen molar-refractivity contribution in [3.05, 3.63) is 0 Å². The van der Waals surface area contributed by atoms with Crippen LogP contribution in [0, 0.1) is 5.92 Å². The third kappa shape index (κ3) is 2.36. The summed E-state index contributed by atoms with van der Waals surface area (Å²) in [4.78, 5) is 14.6. The van der Waals surface area contributed by atoms with Crippen molar-refractivity contribution in [2.24, 2.45) is 10.9 Å². The summed E-state index contributed by atoms with van der Waals surface area (Å²) < 4.78 is 0. The van der Waals surface area contributed by atoms with Crippen molar-refractivity contribution in [1.29, 1.82) is 0 Å². The molecule has 15 heavy (non-hydrogen) atoms. The molecule has 1 N–H and O–H groups in total. The Labute approximate surface area is 111 Å². The molecule has 0 aliphatic carbocycles. The van der Waals surface area contributed by atoms with Gasteiger partial charge in [-0.25, -0.2) is 4.99 Å². The minimum atomic E-state index is -1.22. The van der Waals surface area contributed by atoms with Gasteiger partial charge >= 0.3 is 29.6 Å². The molecule has 2 aliphatic heterocycles. The number of hydrogen-bond acceptors (Lipinski definition) is 5. The third-order valence-electron chi connectivity index (χ3n) is 2.88. The van der Waals surface area contributed by atoms with E-state index in [1.54, 1.807) is 0 Å². The Kier molecular flexibility index (Phi) is 4.17. The maximum absolute atomic E-state index is 10.6. The van der Waals surface area contributed by atoms with Gasteiger partial charge in [0.05, 0.1) is 0 Å². The zero-order chi connectivity index (χ0) is 10.3. The molecule has 0 aromatic rings. The summed E-state index contributed by atoms with van der Waals surface area (Å²) in [6, 6.07) is 0.376. The van der Waals surface area contributed by atoms with E-state index in [0.717, 1.165) is 12.8 Å². The molecule has 0 spiro atoms. The monoisotopic (exact) mass is 219 g/mol. The number of carbonyl (C=O) groups is 1. The van der Waals surface area contributed by atoms with E-state index in [4.69, 9.17) is 0 Å². The number of rotatable bonds is 2. The van der Waals surface area contributed by atoms with Crippen molar-refractivity contribution in [3.63, 3.8) is 0 Å². The van der Waals surface area contributed by atoms with E-state index in [9.17, 15) is 9.90 Å². The first-order chi connectivity index (χ1) is 6.59. The van der Waals surface area contributed by atoms with Gasteiger partial charge in [0.15, 0.2) is 5.84 Å². The van der Waals surface area contributed by atoms with Crippen molar-refractivity contribution >= 4 is 11.8 Å². The van der Waals surface area contributed by atoms with E-state index in [1.807, 2.05) is 5.01 Å². The van der Waals surface area contributed by atoms with Crippen LogP contribution in [0.5, 0.6) is 0 Å². The fraction of sp³-hybridized carbons (Fsp3) is 0.778. The van der Waals surface area contributed by atoms with Crippen LogP contribution in [-0.4, -0.2) is 29.0 Å². The fourth-order valence-electron chi connectivity index (χ4n) is 2.16. The standard InChI is InChI=1S/C9H15N3O2.Na/c1-5(2)6-3-4-7-10-8(9(13)14)11-12(6)7;/h5-7H,3-4H2,1-2H3,(H,10,11)(H,13,14);/q;+1/p-1. The van der Waals surface area contributed by atoms with Crippen LogP contribution in [0.1, 0.15) is 26.7 Å². The number of fused-ring (bicyclic) bond motifs is 1. The quantitative estimate of drug-likeness (QED) is 0.482. The first-order valence-corrected chi connectivity index (χ1v) is 4.93. The topological polar surface area (TPSA) is 67.8 Å². The molecular weight excluding hydrogens is 205 g/mol. The van der Waals surface area contributed by atoms with Crippen molar-refractivity contribution in [2.45, 2.75) is 38.9 Å². The van der Waals surface area contributed by atoms with Crippen LogP contribution in [0.15, 0.2) is 4.99 Å². The summed E-state index contributed by atoms with van der Waals surface area (Å²) in [5.74, 6) is -0.744.